The van der Waals surface area contributed by atoms with Crippen molar-refractivity contribution in [3.05, 3.63) is 53.3 Å². The third-order valence-corrected chi connectivity index (χ3v) is 5.83. The van der Waals surface area contributed by atoms with Crippen molar-refractivity contribution in [2.45, 2.75) is 45.2 Å². The number of Topliss-reactive ketones (excluding diaryl/α,β-unsaturated/α-hetero) is 1. The SMILES string of the molecule is CCn1c(C)cc(C(=O)COC(=O)[C@H](C)NS(=O)(=O)c2ccccc2)c1C. The van der Waals surface area contributed by atoms with Gasteiger partial charge in [0, 0.05) is 23.5 Å². The van der Waals surface area contributed by atoms with Gasteiger partial charge in [-0.25, -0.2) is 8.42 Å². The van der Waals surface area contributed by atoms with Crippen LogP contribution in [0.15, 0.2) is 41.3 Å². The fourth-order valence-corrected chi connectivity index (χ4v) is 4.07. The van der Waals surface area contributed by atoms with Crippen LogP contribution in [0, 0.1) is 13.8 Å². The monoisotopic (exact) mass is 392 g/mol. The van der Waals surface area contributed by atoms with E-state index in [1.54, 1.807) is 24.3 Å². The summed E-state index contributed by atoms with van der Waals surface area (Å²) in [4.78, 5) is 24.5. The molecular weight excluding hydrogens is 368 g/mol. The summed E-state index contributed by atoms with van der Waals surface area (Å²) in [6.07, 6.45) is 0. The molecule has 0 unspecified atom stereocenters. The van der Waals surface area contributed by atoms with E-state index >= 15 is 0 Å². The minimum Gasteiger partial charge on any atom is -0.456 e. The highest BCUT2D eigenvalue weighted by molar-refractivity contribution is 7.89. The Balaban J connectivity index is 1.98. The van der Waals surface area contributed by atoms with Crippen molar-refractivity contribution in [2.75, 3.05) is 6.61 Å². The highest BCUT2D eigenvalue weighted by Gasteiger charge is 2.24. The van der Waals surface area contributed by atoms with Gasteiger partial charge < -0.3 is 9.30 Å². The Bertz CT molecular complexity index is 933. The van der Waals surface area contributed by atoms with Crippen LogP contribution in [0.1, 0.15) is 35.6 Å². The highest BCUT2D eigenvalue weighted by atomic mass is 32.2. The van der Waals surface area contributed by atoms with Crippen molar-refractivity contribution in [2.24, 2.45) is 0 Å². The van der Waals surface area contributed by atoms with Gasteiger partial charge in [0.1, 0.15) is 6.04 Å². The number of benzene rings is 1. The van der Waals surface area contributed by atoms with E-state index in [2.05, 4.69) is 4.72 Å². The van der Waals surface area contributed by atoms with Gasteiger partial charge in [-0.15, -0.1) is 0 Å². The number of sulfonamides is 1. The molecule has 0 bridgehead atoms. The average molecular weight is 392 g/mol. The van der Waals surface area contributed by atoms with E-state index in [1.807, 2.05) is 25.3 Å². The fourth-order valence-electron chi connectivity index (χ4n) is 2.86. The maximum atomic E-state index is 12.4. The van der Waals surface area contributed by atoms with Crippen LogP contribution >= 0.6 is 0 Å². The van der Waals surface area contributed by atoms with Gasteiger partial charge in [-0.3, -0.25) is 9.59 Å². The number of aryl methyl sites for hydroxylation is 1. The number of esters is 1. The molecule has 0 aliphatic heterocycles. The van der Waals surface area contributed by atoms with E-state index in [1.165, 1.54) is 19.1 Å². The van der Waals surface area contributed by atoms with Crippen LogP contribution in [0.2, 0.25) is 0 Å². The molecule has 0 amide bonds. The maximum Gasteiger partial charge on any atom is 0.324 e. The second-order valence-corrected chi connectivity index (χ2v) is 7.93. The molecule has 146 valence electrons. The number of ether oxygens (including phenoxy) is 1. The standard InChI is InChI=1S/C19H24N2O5S/c1-5-21-13(2)11-17(15(21)4)18(22)12-26-19(23)14(3)20-27(24,25)16-9-7-6-8-10-16/h6-11,14,20H,5,12H2,1-4H3/t14-/m0/s1. The Morgan fingerprint density at radius 1 is 1.19 bits per heavy atom. The fraction of sp³-hybridized carbons (Fsp3) is 0.368. The number of nitrogens with zero attached hydrogens (tertiary/aromatic N) is 1. The zero-order chi connectivity index (χ0) is 20.2. The summed E-state index contributed by atoms with van der Waals surface area (Å²) in [5.41, 5.74) is 2.27. The Labute approximate surface area is 159 Å². The summed E-state index contributed by atoms with van der Waals surface area (Å²) >= 11 is 0. The molecule has 0 saturated heterocycles. The first-order chi connectivity index (χ1) is 12.7. The molecule has 2 rings (SSSR count). The van der Waals surface area contributed by atoms with Crippen molar-refractivity contribution < 1.29 is 22.7 Å². The number of carbonyl (C=O) groups excluding carboxylic acids is 2. The van der Waals surface area contributed by atoms with Gasteiger partial charge in [-0.05, 0) is 45.9 Å². The molecular formula is C19H24N2O5S. The first kappa shape index (κ1) is 20.9. The predicted molar refractivity (Wildman–Crippen MR) is 101 cm³/mol. The number of ketones is 1. The molecule has 2 aromatic rings. The lowest BCUT2D eigenvalue weighted by molar-refractivity contribution is -0.144. The van der Waals surface area contributed by atoms with Gasteiger partial charge in [-0.1, -0.05) is 18.2 Å². The highest BCUT2D eigenvalue weighted by Crippen LogP contribution is 2.16. The van der Waals surface area contributed by atoms with E-state index in [0.29, 0.717) is 5.56 Å². The summed E-state index contributed by atoms with van der Waals surface area (Å²) in [5.74, 6) is -1.14. The first-order valence-corrected chi connectivity index (χ1v) is 10.1. The van der Waals surface area contributed by atoms with Crippen molar-refractivity contribution in [3.63, 3.8) is 0 Å². The Kier molecular flexibility index (Phi) is 6.56. The lowest BCUT2D eigenvalue weighted by atomic mass is 10.1. The molecule has 1 N–H and O–H groups in total. The van der Waals surface area contributed by atoms with E-state index < -0.39 is 28.6 Å². The molecule has 0 aliphatic carbocycles. The van der Waals surface area contributed by atoms with Gasteiger partial charge >= 0.3 is 5.97 Å². The molecule has 0 saturated carbocycles. The number of carbonyl (C=O) groups is 2. The molecule has 1 heterocycles. The molecule has 0 aliphatic rings. The Hall–Kier alpha value is -2.45. The number of hydrogen-bond donors (Lipinski definition) is 1. The van der Waals surface area contributed by atoms with Crippen molar-refractivity contribution in [3.8, 4) is 0 Å². The molecule has 0 spiro atoms. The van der Waals surface area contributed by atoms with Gasteiger partial charge in [0.05, 0.1) is 4.90 Å². The smallest absolute Gasteiger partial charge is 0.324 e. The first-order valence-electron chi connectivity index (χ1n) is 8.61. The molecule has 1 aromatic heterocycles. The van der Waals surface area contributed by atoms with Gasteiger partial charge in [0.2, 0.25) is 15.8 Å². The second-order valence-electron chi connectivity index (χ2n) is 6.22. The zero-order valence-electron chi connectivity index (χ0n) is 15.9. The second kappa shape index (κ2) is 8.49. The van der Waals surface area contributed by atoms with Gasteiger partial charge in [0.15, 0.2) is 6.61 Å². The van der Waals surface area contributed by atoms with E-state index in [4.69, 9.17) is 4.74 Å². The summed E-state index contributed by atoms with van der Waals surface area (Å²) in [5, 5.41) is 0. The normalized spacial score (nSPS) is 12.6. The molecule has 0 fully saturated rings. The lowest BCUT2D eigenvalue weighted by Gasteiger charge is -2.13. The van der Waals surface area contributed by atoms with E-state index in [0.717, 1.165) is 17.9 Å². The largest absolute Gasteiger partial charge is 0.456 e. The maximum absolute atomic E-state index is 12.4. The third-order valence-electron chi connectivity index (χ3n) is 4.27. The van der Waals surface area contributed by atoms with Crippen molar-refractivity contribution >= 4 is 21.8 Å². The van der Waals surface area contributed by atoms with Crippen LogP contribution in [-0.2, 0) is 26.1 Å². The van der Waals surface area contributed by atoms with Gasteiger partial charge in [0.25, 0.3) is 0 Å². The topological polar surface area (TPSA) is 94.5 Å². The molecule has 1 aromatic carbocycles. The molecule has 7 nitrogen and oxygen atoms in total. The quantitative estimate of drug-likeness (QED) is 0.549. The van der Waals surface area contributed by atoms with Crippen molar-refractivity contribution in [1.29, 1.82) is 0 Å². The average Bonchev–Trinajstić information content (AvgIpc) is 2.93. The number of rotatable bonds is 8. The predicted octanol–water partition coefficient (Wildman–Crippen LogP) is 2.22. The molecule has 1 atom stereocenters. The van der Waals surface area contributed by atoms with Crippen LogP contribution < -0.4 is 4.72 Å². The third kappa shape index (κ3) is 4.84. The lowest BCUT2D eigenvalue weighted by Crippen LogP contribution is -2.40. The van der Waals surface area contributed by atoms with Crippen LogP contribution in [-0.4, -0.2) is 37.4 Å². The number of nitrogens with one attached hydrogen (secondary N) is 1. The number of aromatic nitrogens is 1. The van der Waals surface area contributed by atoms with Gasteiger partial charge in [-0.2, -0.15) is 4.72 Å². The van der Waals surface area contributed by atoms with E-state index in [9.17, 15) is 18.0 Å². The summed E-state index contributed by atoms with van der Waals surface area (Å²) in [6, 6.07) is 8.35. The molecule has 8 heteroatoms. The van der Waals surface area contributed by atoms with Crippen LogP contribution in [0.3, 0.4) is 0 Å². The Morgan fingerprint density at radius 3 is 2.37 bits per heavy atom. The van der Waals surface area contributed by atoms with Crippen LogP contribution in [0.5, 0.6) is 0 Å². The summed E-state index contributed by atoms with van der Waals surface area (Å²) < 4.78 is 33.7. The molecule has 0 radical (unpaired) electrons. The zero-order valence-corrected chi connectivity index (χ0v) is 16.7. The summed E-state index contributed by atoms with van der Waals surface area (Å²) in [7, 11) is -3.85. The van der Waals surface area contributed by atoms with Crippen molar-refractivity contribution in [1.82, 2.24) is 9.29 Å². The summed E-state index contributed by atoms with van der Waals surface area (Å²) in [6.45, 7) is 7.39. The van der Waals surface area contributed by atoms with Crippen LogP contribution in [0.4, 0.5) is 0 Å². The minimum atomic E-state index is -3.85. The minimum absolute atomic E-state index is 0.0488. The van der Waals surface area contributed by atoms with Crippen LogP contribution in [0.25, 0.3) is 0 Å². The van der Waals surface area contributed by atoms with E-state index in [-0.39, 0.29) is 10.7 Å². The Morgan fingerprint density at radius 2 is 1.81 bits per heavy atom. The number of hydrogen-bond acceptors (Lipinski definition) is 5. The molecule has 27 heavy (non-hydrogen) atoms.